The second-order valence-corrected chi connectivity index (χ2v) is 5.13. The largest absolute Gasteiger partial charge is 0.417 e. The molecule has 0 saturated carbocycles. The zero-order valence-corrected chi connectivity index (χ0v) is 12.7. The van der Waals surface area contributed by atoms with Crippen LogP contribution >= 0.6 is 24.0 Å². The highest BCUT2D eigenvalue weighted by Crippen LogP contribution is 2.36. The zero-order chi connectivity index (χ0) is 14.8. The number of hydrogen-bond acceptors (Lipinski definition) is 3. The third-order valence-corrected chi connectivity index (χ3v) is 3.78. The van der Waals surface area contributed by atoms with Gasteiger partial charge in [-0.3, -0.25) is 4.90 Å². The van der Waals surface area contributed by atoms with Gasteiger partial charge in [-0.2, -0.15) is 13.2 Å². The Morgan fingerprint density at radius 1 is 1.29 bits per heavy atom. The van der Waals surface area contributed by atoms with Crippen molar-refractivity contribution in [2.24, 2.45) is 0 Å². The highest BCUT2D eigenvalue weighted by molar-refractivity contribution is 6.31. The van der Waals surface area contributed by atoms with Crippen molar-refractivity contribution in [1.82, 2.24) is 10.2 Å². The molecule has 1 aromatic rings. The smallest absolute Gasteiger partial charge is 0.394 e. The lowest BCUT2D eigenvalue weighted by Crippen LogP contribution is -2.46. The summed E-state index contributed by atoms with van der Waals surface area (Å²) in [6.45, 7) is 2.68. The fourth-order valence-corrected chi connectivity index (χ4v) is 2.62. The minimum Gasteiger partial charge on any atom is -0.394 e. The summed E-state index contributed by atoms with van der Waals surface area (Å²) in [4.78, 5) is 1.97. The number of piperazine rings is 1. The van der Waals surface area contributed by atoms with Gasteiger partial charge in [0.2, 0.25) is 0 Å². The zero-order valence-electron chi connectivity index (χ0n) is 11.2. The third-order valence-electron chi connectivity index (χ3n) is 3.45. The Morgan fingerprint density at radius 2 is 1.90 bits per heavy atom. The Labute approximate surface area is 132 Å². The molecule has 0 radical (unpaired) electrons. The van der Waals surface area contributed by atoms with Crippen molar-refractivity contribution in [2.75, 3.05) is 32.8 Å². The van der Waals surface area contributed by atoms with Gasteiger partial charge in [-0.15, -0.1) is 12.4 Å². The van der Waals surface area contributed by atoms with Gasteiger partial charge < -0.3 is 10.4 Å². The van der Waals surface area contributed by atoms with Crippen LogP contribution in [0.25, 0.3) is 0 Å². The van der Waals surface area contributed by atoms with Crippen LogP contribution in [0.4, 0.5) is 13.2 Å². The molecule has 0 spiro atoms. The molecule has 2 N–H and O–H groups in total. The van der Waals surface area contributed by atoms with Crippen LogP contribution in [0.2, 0.25) is 5.02 Å². The van der Waals surface area contributed by atoms with Crippen LogP contribution in [0.5, 0.6) is 0 Å². The van der Waals surface area contributed by atoms with E-state index in [4.69, 9.17) is 11.6 Å². The molecule has 1 aromatic carbocycles. The van der Waals surface area contributed by atoms with Crippen LogP contribution in [-0.4, -0.2) is 42.8 Å². The van der Waals surface area contributed by atoms with Crippen molar-refractivity contribution in [3.63, 3.8) is 0 Å². The van der Waals surface area contributed by atoms with E-state index >= 15 is 0 Å². The molecule has 2 rings (SSSR count). The maximum Gasteiger partial charge on any atom is 0.417 e. The molecule has 1 fully saturated rings. The number of nitrogens with one attached hydrogen (secondary N) is 1. The number of alkyl halides is 3. The lowest BCUT2D eigenvalue weighted by atomic mass is 10.0. The monoisotopic (exact) mass is 344 g/mol. The molecule has 1 aliphatic heterocycles. The van der Waals surface area contributed by atoms with Crippen LogP contribution in [0.1, 0.15) is 17.2 Å². The first kappa shape index (κ1) is 18.5. The molecule has 0 bridgehead atoms. The first-order valence-corrected chi connectivity index (χ1v) is 6.73. The second kappa shape index (κ2) is 7.65. The minimum absolute atomic E-state index is 0. The molecule has 1 saturated heterocycles. The normalized spacial score (nSPS) is 18.1. The van der Waals surface area contributed by atoms with E-state index in [1.54, 1.807) is 6.07 Å². The fourth-order valence-electron chi connectivity index (χ4n) is 2.39. The van der Waals surface area contributed by atoms with Crippen LogP contribution in [0.3, 0.4) is 0 Å². The summed E-state index contributed by atoms with van der Waals surface area (Å²) < 4.78 is 38.6. The Bertz CT molecular complexity index is 465. The van der Waals surface area contributed by atoms with E-state index in [9.17, 15) is 18.3 Å². The van der Waals surface area contributed by atoms with E-state index in [0.717, 1.165) is 19.2 Å². The summed E-state index contributed by atoms with van der Waals surface area (Å²) >= 11 is 5.61. The predicted molar refractivity (Wildman–Crippen MR) is 78.0 cm³/mol. The Hall–Kier alpha value is -0.530. The molecule has 1 aliphatic rings. The number of benzene rings is 1. The standard InChI is InChI=1S/C13H16ClF3N2O.ClH/c14-11-2-1-9(7-10(11)13(15,16)17)12(8-20)19-5-3-18-4-6-19;/h1-2,7,12,18,20H,3-6,8H2;1H/t12-;/m1./s1. The molecule has 120 valence electrons. The minimum atomic E-state index is -4.49. The van der Waals surface area contributed by atoms with Crippen LogP contribution in [0.15, 0.2) is 18.2 Å². The van der Waals surface area contributed by atoms with Crippen LogP contribution < -0.4 is 5.32 Å². The molecule has 0 aliphatic carbocycles. The van der Waals surface area contributed by atoms with Gasteiger partial charge in [-0.25, -0.2) is 0 Å². The highest BCUT2D eigenvalue weighted by atomic mass is 35.5. The molecule has 0 unspecified atom stereocenters. The van der Waals surface area contributed by atoms with Gasteiger partial charge in [0.1, 0.15) is 0 Å². The van der Waals surface area contributed by atoms with E-state index in [2.05, 4.69) is 5.32 Å². The molecule has 1 atom stereocenters. The highest BCUT2D eigenvalue weighted by Gasteiger charge is 2.34. The predicted octanol–water partition coefficient (Wildman–Crippen LogP) is 2.72. The first-order valence-electron chi connectivity index (χ1n) is 6.35. The Morgan fingerprint density at radius 3 is 2.43 bits per heavy atom. The summed E-state index contributed by atoms with van der Waals surface area (Å²) in [6.07, 6.45) is -4.49. The lowest BCUT2D eigenvalue weighted by Gasteiger charge is -2.34. The molecular formula is C13H17Cl2F3N2O. The van der Waals surface area contributed by atoms with Gasteiger partial charge in [0.05, 0.1) is 23.2 Å². The lowest BCUT2D eigenvalue weighted by molar-refractivity contribution is -0.137. The van der Waals surface area contributed by atoms with Crippen LogP contribution in [0, 0.1) is 0 Å². The SMILES string of the molecule is Cl.OC[C@H](c1ccc(Cl)c(C(F)(F)F)c1)N1CCNCC1. The number of hydrogen-bond donors (Lipinski definition) is 2. The van der Waals surface area contributed by atoms with Gasteiger partial charge in [0, 0.05) is 26.2 Å². The van der Waals surface area contributed by atoms with Crippen molar-refractivity contribution >= 4 is 24.0 Å². The van der Waals surface area contributed by atoms with Crippen molar-refractivity contribution in [1.29, 1.82) is 0 Å². The maximum atomic E-state index is 12.9. The second-order valence-electron chi connectivity index (χ2n) is 4.72. The molecule has 21 heavy (non-hydrogen) atoms. The van der Waals surface area contributed by atoms with Crippen molar-refractivity contribution in [3.8, 4) is 0 Å². The summed E-state index contributed by atoms with van der Waals surface area (Å²) in [5.74, 6) is 0. The topological polar surface area (TPSA) is 35.5 Å². The third kappa shape index (κ3) is 4.47. The molecule has 8 heteroatoms. The average molecular weight is 345 g/mol. The first-order chi connectivity index (χ1) is 9.43. The number of rotatable bonds is 3. The number of halogens is 5. The number of nitrogens with zero attached hydrogens (tertiary/aromatic N) is 1. The van der Waals surface area contributed by atoms with Crippen molar-refractivity contribution < 1.29 is 18.3 Å². The van der Waals surface area contributed by atoms with E-state index in [-0.39, 0.29) is 24.0 Å². The van der Waals surface area contributed by atoms with Gasteiger partial charge in [-0.05, 0) is 17.7 Å². The Balaban J connectivity index is 0.00000220. The summed E-state index contributed by atoms with van der Waals surface area (Å²) in [5.41, 5.74) is -0.420. The number of aliphatic hydroxyl groups is 1. The number of aliphatic hydroxyl groups excluding tert-OH is 1. The van der Waals surface area contributed by atoms with E-state index in [0.29, 0.717) is 18.7 Å². The van der Waals surface area contributed by atoms with E-state index < -0.39 is 17.8 Å². The molecule has 0 amide bonds. The van der Waals surface area contributed by atoms with Gasteiger partial charge in [0.25, 0.3) is 0 Å². The van der Waals surface area contributed by atoms with Gasteiger partial charge in [0.15, 0.2) is 0 Å². The van der Waals surface area contributed by atoms with E-state index in [1.165, 1.54) is 6.07 Å². The quantitative estimate of drug-likeness (QED) is 0.884. The molecule has 3 nitrogen and oxygen atoms in total. The summed E-state index contributed by atoms with van der Waals surface area (Å²) in [6, 6.07) is 3.38. The summed E-state index contributed by atoms with van der Waals surface area (Å²) in [5, 5.41) is 12.4. The van der Waals surface area contributed by atoms with Crippen LogP contribution in [-0.2, 0) is 6.18 Å². The summed E-state index contributed by atoms with van der Waals surface area (Å²) in [7, 11) is 0. The fraction of sp³-hybridized carbons (Fsp3) is 0.538. The maximum absolute atomic E-state index is 12.9. The van der Waals surface area contributed by atoms with Gasteiger partial charge in [-0.1, -0.05) is 17.7 Å². The Kier molecular flexibility index (Phi) is 6.74. The van der Waals surface area contributed by atoms with E-state index in [1.807, 2.05) is 4.90 Å². The molecule has 1 heterocycles. The molecule has 0 aromatic heterocycles. The average Bonchev–Trinajstić information content (AvgIpc) is 2.41. The molecular weight excluding hydrogens is 328 g/mol. The van der Waals surface area contributed by atoms with Crippen molar-refractivity contribution in [2.45, 2.75) is 12.2 Å². The van der Waals surface area contributed by atoms with Gasteiger partial charge >= 0.3 is 6.18 Å². The van der Waals surface area contributed by atoms with Crippen molar-refractivity contribution in [3.05, 3.63) is 34.3 Å².